The third kappa shape index (κ3) is 6.65. The molecule has 0 atom stereocenters. The number of likely N-dealkylation sites (tertiary alicyclic amines) is 1. The fourth-order valence-electron chi connectivity index (χ4n) is 4.76. The largest absolute Gasteiger partial charge is 0.454 e. The second-order valence-electron chi connectivity index (χ2n) is 9.42. The van der Waals surface area contributed by atoms with Crippen molar-refractivity contribution < 1.29 is 23.5 Å². The van der Waals surface area contributed by atoms with Crippen LogP contribution < -0.4 is 14.8 Å². The molecule has 0 spiro atoms. The van der Waals surface area contributed by atoms with Gasteiger partial charge in [0.1, 0.15) is 12.3 Å². The standard InChI is InChI=1S/C28H33N3O5/c32-28(29-11-4-12-31-13-9-22(10-14-31)15-21-5-2-1-3-6-21)19-33-18-24-17-26(36-30-24)23-7-8-25-27(16-23)35-20-34-25/h1-3,5-8,16-17,22H,4,9-15,18-20H2,(H,29,32). The Morgan fingerprint density at radius 2 is 1.89 bits per heavy atom. The number of aromatic nitrogens is 1. The normalized spacial score (nSPS) is 15.8. The van der Waals surface area contributed by atoms with Crippen molar-refractivity contribution in [2.45, 2.75) is 32.3 Å². The van der Waals surface area contributed by atoms with Gasteiger partial charge in [-0.15, -0.1) is 0 Å². The Bertz CT molecular complexity index is 1130. The number of nitrogens with one attached hydrogen (secondary N) is 1. The number of ether oxygens (including phenoxy) is 3. The van der Waals surface area contributed by atoms with Gasteiger partial charge in [-0.3, -0.25) is 4.79 Å². The molecule has 2 aromatic carbocycles. The van der Waals surface area contributed by atoms with Gasteiger partial charge in [-0.05, 0) is 75.0 Å². The van der Waals surface area contributed by atoms with E-state index < -0.39 is 0 Å². The first-order valence-corrected chi connectivity index (χ1v) is 12.7. The second kappa shape index (κ2) is 12.1. The van der Waals surface area contributed by atoms with E-state index in [1.165, 1.54) is 24.8 Å². The van der Waals surface area contributed by atoms with Crippen molar-refractivity contribution in [3.8, 4) is 22.8 Å². The molecule has 5 rings (SSSR count). The number of hydrogen-bond donors (Lipinski definition) is 1. The summed E-state index contributed by atoms with van der Waals surface area (Å²) in [5.41, 5.74) is 2.91. The third-order valence-corrected chi connectivity index (χ3v) is 6.75. The van der Waals surface area contributed by atoms with Crippen molar-refractivity contribution in [3.63, 3.8) is 0 Å². The Kier molecular flexibility index (Phi) is 8.15. The highest BCUT2D eigenvalue weighted by Gasteiger charge is 2.19. The van der Waals surface area contributed by atoms with Gasteiger partial charge in [-0.25, -0.2) is 0 Å². The predicted molar refractivity (Wildman–Crippen MR) is 135 cm³/mol. The van der Waals surface area contributed by atoms with Gasteiger partial charge in [-0.2, -0.15) is 0 Å². The minimum absolute atomic E-state index is 0.00288. The average molecular weight is 492 g/mol. The predicted octanol–water partition coefficient (Wildman–Crippen LogP) is 4.05. The molecule has 0 saturated carbocycles. The quantitative estimate of drug-likeness (QED) is 0.405. The molecule has 0 aliphatic carbocycles. The summed E-state index contributed by atoms with van der Waals surface area (Å²) in [6, 6.07) is 18.2. The lowest BCUT2D eigenvalue weighted by Crippen LogP contribution is -2.37. The summed E-state index contributed by atoms with van der Waals surface area (Å²) in [4.78, 5) is 14.6. The lowest BCUT2D eigenvalue weighted by atomic mass is 9.90. The molecule has 2 aliphatic rings. The Labute approximate surface area is 211 Å². The topological polar surface area (TPSA) is 86.1 Å². The number of nitrogens with zero attached hydrogens (tertiary/aromatic N) is 2. The summed E-state index contributed by atoms with van der Waals surface area (Å²) in [7, 11) is 0. The highest BCUT2D eigenvalue weighted by atomic mass is 16.7. The van der Waals surface area contributed by atoms with Gasteiger partial charge < -0.3 is 29.0 Å². The van der Waals surface area contributed by atoms with E-state index >= 15 is 0 Å². The first-order valence-electron chi connectivity index (χ1n) is 12.7. The molecule has 3 aromatic rings. The molecule has 0 bridgehead atoms. The number of rotatable bonds is 11. The molecule has 0 radical (unpaired) electrons. The lowest BCUT2D eigenvalue weighted by molar-refractivity contribution is -0.126. The van der Waals surface area contributed by atoms with E-state index in [0.29, 0.717) is 23.7 Å². The Balaban J connectivity index is 0.933. The van der Waals surface area contributed by atoms with Crippen LogP contribution in [0.4, 0.5) is 0 Å². The fraction of sp³-hybridized carbons (Fsp3) is 0.429. The number of hydrogen-bond acceptors (Lipinski definition) is 7. The van der Waals surface area contributed by atoms with Crippen LogP contribution >= 0.6 is 0 Å². The van der Waals surface area contributed by atoms with Crippen molar-refractivity contribution in [3.05, 3.63) is 65.9 Å². The minimum atomic E-state index is -0.115. The van der Waals surface area contributed by atoms with Crippen LogP contribution in [-0.4, -0.2) is 55.5 Å². The van der Waals surface area contributed by atoms with E-state index in [1.807, 2.05) is 18.2 Å². The van der Waals surface area contributed by atoms with E-state index in [4.69, 9.17) is 18.7 Å². The first kappa shape index (κ1) is 24.3. The molecular formula is C28H33N3O5. The zero-order valence-electron chi connectivity index (χ0n) is 20.5. The van der Waals surface area contributed by atoms with E-state index in [9.17, 15) is 4.79 Å². The van der Waals surface area contributed by atoms with Crippen molar-refractivity contribution in [2.24, 2.45) is 5.92 Å². The smallest absolute Gasteiger partial charge is 0.246 e. The number of piperidine rings is 1. The third-order valence-electron chi connectivity index (χ3n) is 6.75. The zero-order valence-corrected chi connectivity index (χ0v) is 20.5. The molecule has 0 unspecified atom stereocenters. The van der Waals surface area contributed by atoms with E-state index in [-0.39, 0.29) is 25.9 Å². The maximum absolute atomic E-state index is 12.1. The van der Waals surface area contributed by atoms with Crippen LogP contribution in [0.1, 0.15) is 30.5 Å². The van der Waals surface area contributed by atoms with Gasteiger partial charge >= 0.3 is 0 Å². The first-order chi connectivity index (χ1) is 17.7. The summed E-state index contributed by atoms with van der Waals surface area (Å²) in [5.74, 6) is 2.68. The van der Waals surface area contributed by atoms with Crippen LogP contribution in [0.15, 0.2) is 59.1 Å². The van der Waals surface area contributed by atoms with Crippen molar-refractivity contribution >= 4 is 5.91 Å². The fourth-order valence-corrected chi connectivity index (χ4v) is 4.76. The molecule has 190 valence electrons. The minimum Gasteiger partial charge on any atom is -0.454 e. The van der Waals surface area contributed by atoms with E-state index in [1.54, 1.807) is 6.07 Å². The second-order valence-corrected chi connectivity index (χ2v) is 9.42. The van der Waals surface area contributed by atoms with Crippen LogP contribution in [-0.2, 0) is 22.6 Å². The van der Waals surface area contributed by atoms with Crippen molar-refractivity contribution in [2.75, 3.05) is 39.6 Å². The maximum Gasteiger partial charge on any atom is 0.246 e. The molecule has 8 heteroatoms. The van der Waals surface area contributed by atoms with Gasteiger partial charge in [-0.1, -0.05) is 35.5 Å². The molecule has 1 aromatic heterocycles. The van der Waals surface area contributed by atoms with Gasteiger partial charge in [0.2, 0.25) is 12.7 Å². The number of carbonyl (C=O) groups excluding carboxylic acids is 1. The van der Waals surface area contributed by atoms with Gasteiger partial charge in [0.05, 0.1) is 6.61 Å². The SMILES string of the molecule is O=C(COCc1cc(-c2ccc3c(c2)OCO3)on1)NCCCN1CCC(Cc2ccccc2)CC1. The lowest BCUT2D eigenvalue weighted by Gasteiger charge is -2.32. The van der Waals surface area contributed by atoms with Crippen LogP contribution in [0.3, 0.4) is 0 Å². The highest BCUT2D eigenvalue weighted by molar-refractivity contribution is 5.77. The van der Waals surface area contributed by atoms with Crippen LogP contribution in [0.2, 0.25) is 0 Å². The molecule has 1 fully saturated rings. The molecule has 2 aliphatic heterocycles. The summed E-state index contributed by atoms with van der Waals surface area (Å²) in [6.07, 6.45) is 4.61. The Morgan fingerprint density at radius 1 is 1.06 bits per heavy atom. The molecular weight excluding hydrogens is 458 g/mol. The highest BCUT2D eigenvalue weighted by Crippen LogP contribution is 2.36. The summed E-state index contributed by atoms with van der Waals surface area (Å²) < 4.78 is 21.7. The summed E-state index contributed by atoms with van der Waals surface area (Å²) in [5, 5.41) is 6.97. The van der Waals surface area contributed by atoms with Crippen LogP contribution in [0, 0.1) is 5.92 Å². The molecule has 1 N–H and O–H groups in total. The maximum atomic E-state index is 12.1. The number of carbonyl (C=O) groups is 1. The zero-order chi connectivity index (χ0) is 24.6. The number of amides is 1. The number of benzene rings is 2. The van der Waals surface area contributed by atoms with Crippen LogP contribution in [0.5, 0.6) is 11.5 Å². The van der Waals surface area contributed by atoms with Crippen LogP contribution in [0.25, 0.3) is 11.3 Å². The van der Waals surface area contributed by atoms with Gasteiger partial charge in [0.15, 0.2) is 17.3 Å². The van der Waals surface area contributed by atoms with Gasteiger partial charge in [0, 0.05) is 18.2 Å². The molecule has 8 nitrogen and oxygen atoms in total. The Hall–Kier alpha value is -3.36. The van der Waals surface area contributed by atoms with E-state index in [2.05, 4.69) is 45.7 Å². The molecule has 36 heavy (non-hydrogen) atoms. The van der Waals surface area contributed by atoms with Gasteiger partial charge in [0.25, 0.3) is 0 Å². The van der Waals surface area contributed by atoms with Crippen molar-refractivity contribution in [1.29, 1.82) is 0 Å². The van der Waals surface area contributed by atoms with Crippen molar-refractivity contribution in [1.82, 2.24) is 15.4 Å². The summed E-state index contributed by atoms with van der Waals surface area (Å²) >= 11 is 0. The number of fused-ring (bicyclic) bond motifs is 1. The summed E-state index contributed by atoms with van der Waals surface area (Å²) in [6.45, 7) is 4.38. The Morgan fingerprint density at radius 3 is 2.75 bits per heavy atom. The molecule has 1 amide bonds. The monoisotopic (exact) mass is 491 g/mol. The van der Waals surface area contributed by atoms with E-state index in [0.717, 1.165) is 43.3 Å². The average Bonchev–Trinajstić information content (AvgIpc) is 3.57. The molecule has 1 saturated heterocycles. The molecule has 3 heterocycles.